The minimum atomic E-state index is -4.08. The third-order valence-electron chi connectivity index (χ3n) is 6.41. The van der Waals surface area contributed by atoms with Gasteiger partial charge < -0.3 is 5.32 Å². The molecule has 44 heavy (non-hydrogen) atoms. The lowest BCUT2D eigenvalue weighted by atomic mass is 10.2. The highest BCUT2D eigenvalue weighted by Crippen LogP contribution is 2.30. The van der Waals surface area contributed by atoms with E-state index in [0.717, 1.165) is 17.3 Å². The number of nitrogens with zero attached hydrogens (tertiary/aromatic N) is 5. The highest BCUT2D eigenvalue weighted by Gasteiger charge is 2.29. The number of benzene rings is 4. The normalized spacial score (nSPS) is 11.2. The van der Waals surface area contributed by atoms with Gasteiger partial charge in [-0.05, 0) is 55.5 Å². The number of aryl methyl sites for hydroxylation is 1. The van der Waals surface area contributed by atoms with Gasteiger partial charge in [0.05, 0.1) is 27.8 Å². The fourth-order valence-electron chi connectivity index (χ4n) is 4.30. The molecule has 14 heteroatoms. The maximum Gasteiger partial charge on any atom is 0.292 e. The van der Waals surface area contributed by atoms with Gasteiger partial charge in [0, 0.05) is 16.8 Å². The van der Waals surface area contributed by atoms with Crippen molar-refractivity contribution in [1.82, 2.24) is 14.8 Å². The molecule has 0 aliphatic carbocycles. The number of hydrogen-bond acceptors (Lipinski definition) is 8. The Morgan fingerprint density at radius 1 is 0.977 bits per heavy atom. The maximum atomic E-state index is 14.0. The molecule has 5 aromatic rings. The molecule has 1 heterocycles. The molecule has 0 saturated carbocycles. The number of aromatic nitrogens is 3. The van der Waals surface area contributed by atoms with Crippen molar-refractivity contribution in [1.29, 1.82) is 0 Å². The van der Waals surface area contributed by atoms with Crippen molar-refractivity contribution < 1.29 is 18.1 Å². The molecule has 1 aromatic heterocycles. The molecular weight excluding hydrogens is 624 g/mol. The van der Waals surface area contributed by atoms with E-state index >= 15 is 0 Å². The predicted molar refractivity (Wildman–Crippen MR) is 170 cm³/mol. The molecule has 0 atom stereocenters. The van der Waals surface area contributed by atoms with Crippen molar-refractivity contribution in [2.45, 2.75) is 23.5 Å². The summed E-state index contributed by atoms with van der Waals surface area (Å²) in [5.41, 5.74) is 1.74. The van der Waals surface area contributed by atoms with Gasteiger partial charge in [0.2, 0.25) is 5.91 Å². The zero-order valence-electron chi connectivity index (χ0n) is 23.2. The molecule has 5 rings (SSSR count). The SMILES string of the molecule is Cc1ccc(S(=O)(=O)N(Cc2nnc(SCC(=O)Nc3ccccc3[N+](=O)[O-])n2-c2ccccc2)c2cccc(Cl)c2)cc1. The highest BCUT2D eigenvalue weighted by molar-refractivity contribution is 7.99. The standard InChI is InChI=1S/C30H25ClN6O5S2/c1-21-14-16-25(17-15-21)44(41,42)35(24-11-7-8-22(31)18-24)19-28-33-34-30(36(28)23-9-3-2-4-10-23)43-20-29(38)32-26-12-5-6-13-27(26)37(39)40/h2-18H,19-20H2,1H3,(H,32,38). The fraction of sp³-hybridized carbons (Fsp3) is 0.100. The Bertz CT molecular complexity index is 1920. The van der Waals surface area contributed by atoms with Crippen LogP contribution in [-0.2, 0) is 21.4 Å². The quantitative estimate of drug-likeness (QED) is 0.100. The Kier molecular flexibility index (Phi) is 9.28. The molecule has 4 aromatic carbocycles. The highest BCUT2D eigenvalue weighted by atomic mass is 35.5. The lowest BCUT2D eigenvalue weighted by Gasteiger charge is -2.25. The van der Waals surface area contributed by atoms with Gasteiger partial charge in [-0.2, -0.15) is 0 Å². The molecule has 1 amide bonds. The summed E-state index contributed by atoms with van der Waals surface area (Å²) in [6, 6.07) is 28.0. The number of carbonyl (C=O) groups is 1. The summed E-state index contributed by atoms with van der Waals surface area (Å²) < 4.78 is 30.9. The van der Waals surface area contributed by atoms with Crippen molar-refractivity contribution >= 4 is 56.4 Å². The van der Waals surface area contributed by atoms with Crippen molar-refractivity contribution in [3.8, 4) is 5.69 Å². The van der Waals surface area contributed by atoms with Crippen LogP contribution in [0, 0.1) is 17.0 Å². The largest absolute Gasteiger partial charge is 0.320 e. The number of sulfonamides is 1. The zero-order chi connectivity index (χ0) is 31.3. The predicted octanol–water partition coefficient (Wildman–Crippen LogP) is 6.26. The molecule has 11 nitrogen and oxygen atoms in total. The van der Waals surface area contributed by atoms with Crippen LogP contribution >= 0.6 is 23.4 Å². The van der Waals surface area contributed by atoms with E-state index in [4.69, 9.17) is 11.6 Å². The number of thioether (sulfide) groups is 1. The Hall–Kier alpha value is -4.72. The van der Waals surface area contributed by atoms with Gasteiger partial charge in [-0.3, -0.25) is 23.8 Å². The van der Waals surface area contributed by atoms with Gasteiger partial charge in [-0.1, -0.05) is 77.5 Å². The van der Waals surface area contributed by atoms with Crippen LogP contribution < -0.4 is 9.62 Å². The van der Waals surface area contributed by atoms with Gasteiger partial charge in [0.25, 0.3) is 15.7 Å². The second-order valence-electron chi connectivity index (χ2n) is 9.49. The number of rotatable bonds is 11. The summed E-state index contributed by atoms with van der Waals surface area (Å²) in [7, 11) is -4.08. The van der Waals surface area contributed by atoms with Gasteiger partial charge in [-0.25, -0.2) is 8.42 Å². The molecule has 0 saturated heterocycles. The lowest BCUT2D eigenvalue weighted by molar-refractivity contribution is -0.383. The van der Waals surface area contributed by atoms with Crippen LogP contribution in [0.2, 0.25) is 5.02 Å². The summed E-state index contributed by atoms with van der Waals surface area (Å²) in [6.07, 6.45) is 0. The van der Waals surface area contributed by atoms with Crippen LogP contribution in [0.4, 0.5) is 17.1 Å². The number of carbonyl (C=O) groups excluding carboxylic acids is 1. The van der Waals surface area contributed by atoms with Crippen molar-refractivity contribution in [2.75, 3.05) is 15.4 Å². The van der Waals surface area contributed by atoms with E-state index in [1.807, 2.05) is 37.3 Å². The first-order valence-corrected chi connectivity index (χ1v) is 15.9. The maximum absolute atomic E-state index is 14.0. The Morgan fingerprint density at radius 3 is 2.39 bits per heavy atom. The first-order chi connectivity index (χ1) is 21.1. The molecule has 0 bridgehead atoms. The number of nitro benzene ring substituents is 1. The van der Waals surface area contributed by atoms with Gasteiger partial charge in [0.1, 0.15) is 5.69 Å². The van der Waals surface area contributed by atoms with Crippen LogP contribution in [0.15, 0.2) is 113 Å². The first-order valence-electron chi connectivity index (χ1n) is 13.1. The molecular formula is C30H25ClN6O5S2. The topological polar surface area (TPSA) is 140 Å². The lowest BCUT2D eigenvalue weighted by Crippen LogP contribution is -2.31. The average Bonchev–Trinajstić information content (AvgIpc) is 3.42. The number of nitro groups is 1. The summed E-state index contributed by atoms with van der Waals surface area (Å²) in [4.78, 5) is 23.7. The van der Waals surface area contributed by atoms with Gasteiger partial charge in [0.15, 0.2) is 11.0 Å². The molecule has 0 aliphatic heterocycles. The van der Waals surface area contributed by atoms with Crippen LogP contribution in [-0.4, -0.2) is 39.8 Å². The average molecular weight is 649 g/mol. The van der Waals surface area contributed by atoms with Crippen molar-refractivity contribution in [2.24, 2.45) is 0 Å². The van der Waals surface area contributed by atoms with Gasteiger partial charge >= 0.3 is 0 Å². The van der Waals surface area contributed by atoms with E-state index in [1.54, 1.807) is 59.2 Å². The zero-order valence-corrected chi connectivity index (χ0v) is 25.6. The van der Waals surface area contributed by atoms with Crippen LogP contribution in [0.25, 0.3) is 5.69 Å². The second kappa shape index (κ2) is 13.3. The van der Waals surface area contributed by atoms with E-state index in [0.29, 0.717) is 21.6 Å². The number of anilines is 2. The summed E-state index contributed by atoms with van der Waals surface area (Å²) >= 11 is 7.32. The summed E-state index contributed by atoms with van der Waals surface area (Å²) in [5, 5.41) is 23.2. The number of nitrogens with one attached hydrogen (secondary N) is 1. The first kappa shape index (κ1) is 30.7. The Balaban J connectivity index is 1.49. The molecule has 0 fully saturated rings. The molecule has 0 radical (unpaired) electrons. The molecule has 0 spiro atoms. The van der Waals surface area contributed by atoms with Crippen LogP contribution in [0.1, 0.15) is 11.4 Å². The minimum absolute atomic E-state index is 0.0757. The number of amides is 1. The smallest absolute Gasteiger partial charge is 0.292 e. The molecule has 224 valence electrons. The summed E-state index contributed by atoms with van der Waals surface area (Å²) in [5.74, 6) is -0.346. The van der Waals surface area contributed by atoms with Crippen molar-refractivity contribution in [3.63, 3.8) is 0 Å². The van der Waals surface area contributed by atoms with E-state index in [9.17, 15) is 23.3 Å². The number of hydrogen-bond donors (Lipinski definition) is 1. The fourth-order valence-corrected chi connectivity index (χ4v) is 6.67. The molecule has 0 aliphatic rings. The van der Waals surface area contributed by atoms with Crippen molar-refractivity contribution in [3.05, 3.63) is 130 Å². The summed E-state index contributed by atoms with van der Waals surface area (Å²) in [6.45, 7) is 1.66. The Labute approximate surface area is 262 Å². The number of para-hydroxylation sites is 3. The molecule has 1 N–H and O–H groups in total. The van der Waals surface area contributed by atoms with E-state index < -0.39 is 20.9 Å². The van der Waals surface area contributed by atoms with E-state index in [1.165, 1.54) is 22.5 Å². The molecule has 0 unspecified atom stereocenters. The van der Waals surface area contributed by atoms with E-state index in [-0.39, 0.29) is 34.4 Å². The Morgan fingerprint density at radius 2 is 1.68 bits per heavy atom. The van der Waals surface area contributed by atoms with Crippen LogP contribution in [0.3, 0.4) is 0 Å². The second-order valence-corrected chi connectivity index (χ2v) is 12.7. The third-order valence-corrected chi connectivity index (χ3v) is 9.36. The minimum Gasteiger partial charge on any atom is -0.320 e. The monoisotopic (exact) mass is 648 g/mol. The van der Waals surface area contributed by atoms with Crippen LogP contribution in [0.5, 0.6) is 0 Å². The van der Waals surface area contributed by atoms with Gasteiger partial charge in [-0.15, -0.1) is 10.2 Å². The van der Waals surface area contributed by atoms with E-state index in [2.05, 4.69) is 15.5 Å². The number of halogens is 1. The third kappa shape index (κ3) is 6.91.